The molecule has 1 atom stereocenters. The first-order valence-corrected chi connectivity index (χ1v) is 33.2. The molecule has 0 aromatic rings. The fraction of sp³-hybridized carbons (Fsp3) is 0.736. The van der Waals surface area contributed by atoms with Crippen molar-refractivity contribution in [3.63, 3.8) is 0 Å². The van der Waals surface area contributed by atoms with Crippen molar-refractivity contribution in [2.45, 2.75) is 329 Å². The van der Waals surface area contributed by atoms with Gasteiger partial charge in [0.25, 0.3) is 0 Å². The van der Waals surface area contributed by atoms with Crippen LogP contribution in [0.1, 0.15) is 323 Å². The van der Waals surface area contributed by atoms with Crippen molar-refractivity contribution in [1.82, 2.24) is 0 Å². The molecule has 0 aromatic carbocycles. The average molecular weight is 1090 g/mol. The van der Waals surface area contributed by atoms with Gasteiger partial charge >= 0.3 is 17.9 Å². The predicted octanol–water partition coefficient (Wildman–Crippen LogP) is 22.8. The van der Waals surface area contributed by atoms with Gasteiger partial charge in [-0.15, -0.1) is 0 Å². The Bertz CT molecular complexity index is 1530. The second-order valence-corrected chi connectivity index (χ2v) is 22.0. The molecule has 6 heteroatoms. The van der Waals surface area contributed by atoms with Crippen LogP contribution < -0.4 is 0 Å². The van der Waals surface area contributed by atoms with E-state index in [0.29, 0.717) is 19.3 Å². The van der Waals surface area contributed by atoms with Crippen LogP contribution in [0.3, 0.4) is 0 Å². The second kappa shape index (κ2) is 65.8. The molecule has 0 spiro atoms. The summed E-state index contributed by atoms with van der Waals surface area (Å²) in [4.78, 5) is 38.4. The van der Waals surface area contributed by atoms with Crippen molar-refractivity contribution in [2.24, 2.45) is 0 Å². The number of hydrogen-bond donors (Lipinski definition) is 0. The van der Waals surface area contributed by atoms with Crippen molar-refractivity contribution in [1.29, 1.82) is 0 Å². The molecular formula is C72H124O6. The van der Waals surface area contributed by atoms with Crippen LogP contribution in [0, 0.1) is 0 Å². The first kappa shape index (κ1) is 74.3. The Balaban J connectivity index is 4.41. The summed E-state index contributed by atoms with van der Waals surface area (Å²) in [5.74, 6) is -0.891. The summed E-state index contributed by atoms with van der Waals surface area (Å²) in [6.07, 6.45) is 88.3. The molecule has 6 nitrogen and oxygen atoms in total. The van der Waals surface area contributed by atoms with Crippen LogP contribution in [0.15, 0.2) is 97.2 Å². The molecule has 0 aliphatic carbocycles. The fourth-order valence-electron chi connectivity index (χ4n) is 9.32. The molecule has 0 rings (SSSR count). The summed E-state index contributed by atoms with van der Waals surface area (Å²) in [5, 5.41) is 0. The number of esters is 3. The van der Waals surface area contributed by atoms with Gasteiger partial charge in [0, 0.05) is 19.3 Å². The number of allylic oxidation sites excluding steroid dienone is 16. The maximum Gasteiger partial charge on any atom is 0.306 e. The molecule has 0 saturated heterocycles. The molecule has 0 aliphatic heterocycles. The van der Waals surface area contributed by atoms with Crippen molar-refractivity contribution < 1.29 is 28.6 Å². The summed E-state index contributed by atoms with van der Waals surface area (Å²) in [5.41, 5.74) is 0. The number of carbonyl (C=O) groups is 3. The van der Waals surface area contributed by atoms with Gasteiger partial charge in [0.05, 0.1) is 0 Å². The maximum atomic E-state index is 12.9. The van der Waals surface area contributed by atoms with Crippen LogP contribution in [-0.4, -0.2) is 37.2 Å². The third kappa shape index (κ3) is 63.2. The smallest absolute Gasteiger partial charge is 0.306 e. The Hall–Kier alpha value is -3.67. The quantitative estimate of drug-likeness (QED) is 0.0261. The number of hydrogen-bond acceptors (Lipinski definition) is 6. The van der Waals surface area contributed by atoms with Crippen molar-refractivity contribution >= 4 is 17.9 Å². The SMILES string of the molecule is CC/C=C\C/C=C\C/C=C\C/C=C\C/C=C\CCCCCCCCCC(=O)OCC(COC(=O)CCCCCCCCC/C=C\CCCCCCCCC)OC(=O)CCCCCCCCCCC/C=C\C/C=C\CCCCC. The lowest BCUT2D eigenvalue weighted by atomic mass is 10.1. The van der Waals surface area contributed by atoms with Gasteiger partial charge in [0.15, 0.2) is 6.10 Å². The minimum Gasteiger partial charge on any atom is -0.462 e. The van der Waals surface area contributed by atoms with Crippen LogP contribution in [0.25, 0.3) is 0 Å². The standard InChI is InChI=1S/C72H124O6/c1-4-7-10-13-16-19-22-25-28-31-34-35-36-37-39-41-44-47-50-53-56-59-62-65-71(74)77-68-69(67-76-70(73)64-61-58-55-52-49-46-43-40-33-30-27-24-21-18-15-12-9-6-3)78-72(75)66-63-60-57-54-51-48-45-42-38-32-29-26-23-20-17-14-11-8-5-2/h7,10,16-17,19-20,25-26,28-30,33-35,37,39,69H,4-6,8-9,11-15,18,21-24,27,31-32,36,38,40-68H2,1-3H3/b10-7-,19-16-,20-17-,28-25-,29-26-,33-30-,35-34-,39-37-. The zero-order chi connectivity index (χ0) is 56.4. The zero-order valence-corrected chi connectivity index (χ0v) is 51.4. The van der Waals surface area contributed by atoms with Crippen LogP contribution in [0.5, 0.6) is 0 Å². The summed E-state index contributed by atoms with van der Waals surface area (Å²) in [7, 11) is 0. The van der Waals surface area contributed by atoms with Crippen molar-refractivity contribution in [2.75, 3.05) is 13.2 Å². The Morgan fingerprint density at radius 3 is 0.821 bits per heavy atom. The van der Waals surface area contributed by atoms with Gasteiger partial charge in [-0.1, -0.05) is 279 Å². The van der Waals surface area contributed by atoms with Crippen LogP contribution >= 0.6 is 0 Å². The summed E-state index contributed by atoms with van der Waals surface area (Å²) >= 11 is 0. The lowest BCUT2D eigenvalue weighted by molar-refractivity contribution is -0.167. The molecule has 0 fully saturated rings. The largest absolute Gasteiger partial charge is 0.462 e. The highest BCUT2D eigenvalue weighted by atomic mass is 16.6. The molecule has 0 aliphatic rings. The van der Waals surface area contributed by atoms with Crippen molar-refractivity contribution in [3.05, 3.63) is 97.2 Å². The van der Waals surface area contributed by atoms with Gasteiger partial charge < -0.3 is 14.2 Å². The van der Waals surface area contributed by atoms with E-state index in [1.807, 2.05) is 0 Å². The van der Waals surface area contributed by atoms with E-state index in [9.17, 15) is 14.4 Å². The van der Waals surface area contributed by atoms with E-state index in [0.717, 1.165) is 103 Å². The predicted molar refractivity (Wildman–Crippen MR) is 339 cm³/mol. The van der Waals surface area contributed by atoms with Crippen LogP contribution in [-0.2, 0) is 28.6 Å². The van der Waals surface area contributed by atoms with E-state index in [1.165, 1.54) is 180 Å². The molecular weight excluding hydrogens is 961 g/mol. The van der Waals surface area contributed by atoms with Gasteiger partial charge in [0.1, 0.15) is 13.2 Å². The molecule has 0 amide bonds. The summed E-state index contributed by atoms with van der Waals surface area (Å²) < 4.78 is 17.0. The van der Waals surface area contributed by atoms with E-state index in [-0.39, 0.29) is 31.1 Å². The molecule has 0 heterocycles. The van der Waals surface area contributed by atoms with E-state index in [1.54, 1.807) is 0 Å². The highest BCUT2D eigenvalue weighted by molar-refractivity contribution is 5.71. The molecule has 1 unspecified atom stereocenters. The minimum atomic E-state index is -0.789. The molecule has 0 aromatic heterocycles. The van der Waals surface area contributed by atoms with Crippen LogP contribution in [0.2, 0.25) is 0 Å². The first-order valence-electron chi connectivity index (χ1n) is 33.2. The highest BCUT2D eigenvalue weighted by Crippen LogP contribution is 2.16. The number of unbranched alkanes of at least 4 members (excludes halogenated alkanes) is 33. The number of ether oxygens (including phenoxy) is 3. The number of carbonyl (C=O) groups excluding carboxylic acids is 3. The Morgan fingerprint density at radius 1 is 0.269 bits per heavy atom. The van der Waals surface area contributed by atoms with Gasteiger partial charge in [-0.3, -0.25) is 14.4 Å². The molecule has 0 N–H and O–H groups in total. The average Bonchev–Trinajstić information content (AvgIpc) is 3.44. The monoisotopic (exact) mass is 1080 g/mol. The van der Waals surface area contributed by atoms with E-state index >= 15 is 0 Å². The van der Waals surface area contributed by atoms with Gasteiger partial charge in [-0.05, 0) is 122 Å². The molecule has 448 valence electrons. The number of rotatable bonds is 60. The molecule has 0 saturated carbocycles. The van der Waals surface area contributed by atoms with E-state index < -0.39 is 6.10 Å². The Kier molecular flexibility index (Phi) is 62.7. The van der Waals surface area contributed by atoms with Gasteiger partial charge in [-0.25, -0.2) is 0 Å². The zero-order valence-electron chi connectivity index (χ0n) is 51.4. The first-order chi connectivity index (χ1) is 38.5. The molecule has 0 bridgehead atoms. The van der Waals surface area contributed by atoms with Crippen LogP contribution in [0.4, 0.5) is 0 Å². The normalized spacial score (nSPS) is 12.7. The van der Waals surface area contributed by atoms with Gasteiger partial charge in [0.2, 0.25) is 0 Å². The fourth-order valence-corrected chi connectivity index (χ4v) is 9.32. The Morgan fingerprint density at radius 2 is 0.500 bits per heavy atom. The minimum absolute atomic E-state index is 0.0841. The topological polar surface area (TPSA) is 78.9 Å². The van der Waals surface area contributed by atoms with E-state index in [4.69, 9.17) is 14.2 Å². The molecule has 0 radical (unpaired) electrons. The van der Waals surface area contributed by atoms with Gasteiger partial charge in [-0.2, -0.15) is 0 Å². The van der Waals surface area contributed by atoms with E-state index in [2.05, 4.69) is 118 Å². The maximum absolute atomic E-state index is 12.9. The summed E-state index contributed by atoms with van der Waals surface area (Å²) in [6.45, 7) is 6.52. The molecule has 78 heavy (non-hydrogen) atoms. The third-order valence-electron chi connectivity index (χ3n) is 14.3. The highest BCUT2D eigenvalue weighted by Gasteiger charge is 2.19. The van der Waals surface area contributed by atoms with Crippen molar-refractivity contribution in [3.8, 4) is 0 Å². The Labute approximate surface area is 483 Å². The summed E-state index contributed by atoms with van der Waals surface area (Å²) in [6, 6.07) is 0. The second-order valence-electron chi connectivity index (χ2n) is 22.0. The lowest BCUT2D eigenvalue weighted by Gasteiger charge is -2.18. The lowest BCUT2D eigenvalue weighted by Crippen LogP contribution is -2.30. The third-order valence-corrected chi connectivity index (χ3v) is 14.3.